The van der Waals surface area contributed by atoms with Gasteiger partial charge in [0, 0.05) is 0 Å². The Kier molecular flexibility index (Phi) is 2.13. The van der Waals surface area contributed by atoms with Crippen LogP contribution < -0.4 is 0 Å². The van der Waals surface area contributed by atoms with Gasteiger partial charge in [0.2, 0.25) is 0 Å². The number of hydrogen-bond acceptors (Lipinski definition) is 3. The maximum absolute atomic E-state index is 11.2. The second kappa shape index (κ2) is 2.81. The molecular formula is C9H14O3. The van der Waals surface area contributed by atoms with Crippen molar-refractivity contribution in [1.82, 2.24) is 0 Å². The third-order valence-corrected chi connectivity index (χ3v) is 1.81. The minimum Gasteiger partial charge on any atom is -0.497 e. The predicted octanol–water partition coefficient (Wildman–Crippen LogP) is 1.49. The maximum atomic E-state index is 11.2. The molecule has 0 aromatic rings. The van der Waals surface area contributed by atoms with Crippen LogP contribution >= 0.6 is 0 Å². The van der Waals surface area contributed by atoms with Crippen molar-refractivity contribution < 1.29 is 14.3 Å². The molecular weight excluding hydrogens is 156 g/mol. The summed E-state index contributed by atoms with van der Waals surface area (Å²) in [5, 5.41) is 0. The van der Waals surface area contributed by atoms with Crippen molar-refractivity contribution in [3.05, 3.63) is 11.3 Å². The summed E-state index contributed by atoms with van der Waals surface area (Å²) in [5.74, 6) is 0.409. The second-order valence-electron chi connectivity index (χ2n) is 3.83. The first-order chi connectivity index (χ1) is 5.46. The first-order valence-corrected chi connectivity index (χ1v) is 3.91. The molecule has 0 bridgehead atoms. The highest BCUT2D eigenvalue weighted by Gasteiger charge is 2.34. The van der Waals surface area contributed by atoms with Crippen LogP contribution in [0.25, 0.3) is 0 Å². The molecule has 3 heteroatoms. The zero-order valence-electron chi connectivity index (χ0n) is 7.93. The van der Waals surface area contributed by atoms with Crippen LogP contribution in [-0.2, 0) is 14.3 Å². The molecule has 0 unspecified atom stereocenters. The summed E-state index contributed by atoms with van der Waals surface area (Å²) in [5.41, 5.74) is 0.462. The summed E-state index contributed by atoms with van der Waals surface area (Å²) >= 11 is 0. The first kappa shape index (κ1) is 9.10. The Bertz CT molecular complexity index is 233. The van der Waals surface area contributed by atoms with Gasteiger partial charge < -0.3 is 9.47 Å². The van der Waals surface area contributed by atoms with Crippen LogP contribution in [0.3, 0.4) is 0 Å². The lowest BCUT2D eigenvalue weighted by molar-refractivity contribution is -0.137. The standard InChI is InChI=1S/C9H14O3/c1-9(2,3)7-6(11-4)5-12-8(7)10/h5H2,1-4H3. The summed E-state index contributed by atoms with van der Waals surface area (Å²) < 4.78 is 9.91. The Morgan fingerprint density at radius 1 is 1.42 bits per heavy atom. The van der Waals surface area contributed by atoms with Crippen molar-refractivity contribution in [3.8, 4) is 0 Å². The van der Waals surface area contributed by atoms with Gasteiger partial charge in [-0.25, -0.2) is 4.79 Å². The Hall–Kier alpha value is -0.990. The molecule has 0 aromatic carbocycles. The van der Waals surface area contributed by atoms with E-state index >= 15 is 0 Å². The first-order valence-electron chi connectivity index (χ1n) is 3.91. The van der Waals surface area contributed by atoms with Crippen molar-refractivity contribution in [2.45, 2.75) is 20.8 Å². The minimum absolute atomic E-state index is 0.196. The predicted molar refractivity (Wildman–Crippen MR) is 44.4 cm³/mol. The Morgan fingerprint density at radius 3 is 2.33 bits per heavy atom. The fourth-order valence-electron chi connectivity index (χ4n) is 1.27. The minimum atomic E-state index is -0.251. The molecule has 0 saturated heterocycles. The number of cyclic esters (lactones) is 1. The van der Waals surface area contributed by atoms with Gasteiger partial charge in [-0.2, -0.15) is 0 Å². The highest BCUT2D eigenvalue weighted by Crippen LogP contribution is 2.32. The summed E-state index contributed by atoms with van der Waals surface area (Å²) in [4.78, 5) is 11.2. The molecule has 0 fully saturated rings. The number of carbonyl (C=O) groups is 1. The van der Waals surface area contributed by atoms with E-state index in [1.165, 1.54) is 0 Å². The molecule has 0 N–H and O–H groups in total. The van der Waals surface area contributed by atoms with Crippen molar-refractivity contribution in [2.75, 3.05) is 13.7 Å². The number of ether oxygens (including phenoxy) is 2. The van der Waals surface area contributed by atoms with E-state index in [1.807, 2.05) is 20.8 Å². The van der Waals surface area contributed by atoms with Crippen molar-refractivity contribution in [3.63, 3.8) is 0 Å². The van der Waals surface area contributed by atoms with Crippen LogP contribution in [0.4, 0.5) is 0 Å². The van der Waals surface area contributed by atoms with Crippen LogP contribution in [0, 0.1) is 5.41 Å². The van der Waals surface area contributed by atoms with E-state index in [1.54, 1.807) is 7.11 Å². The highest BCUT2D eigenvalue weighted by molar-refractivity contribution is 5.92. The number of hydrogen-bond donors (Lipinski definition) is 0. The van der Waals surface area contributed by atoms with Crippen molar-refractivity contribution in [2.24, 2.45) is 5.41 Å². The zero-order chi connectivity index (χ0) is 9.35. The molecule has 0 radical (unpaired) electrons. The lowest BCUT2D eigenvalue weighted by atomic mass is 9.86. The molecule has 0 atom stereocenters. The van der Waals surface area contributed by atoms with Crippen molar-refractivity contribution >= 4 is 5.97 Å². The molecule has 1 rings (SSSR count). The van der Waals surface area contributed by atoms with Crippen LogP contribution in [0.1, 0.15) is 20.8 Å². The lowest BCUT2D eigenvalue weighted by Crippen LogP contribution is -2.16. The normalized spacial score (nSPS) is 18.2. The zero-order valence-corrected chi connectivity index (χ0v) is 7.93. The van der Waals surface area contributed by atoms with Gasteiger partial charge in [-0.15, -0.1) is 0 Å². The second-order valence-corrected chi connectivity index (χ2v) is 3.83. The van der Waals surface area contributed by atoms with E-state index in [0.29, 0.717) is 11.3 Å². The molecule has 0 aromatic heterocycles. The molecule has 68 valence electrons. The number of carbonyl (C=O) groups excluding carboxylic acids is 1. The molecule has 12 heavy (non-hydrogen) atoms. The fourth-order valence-corrected chi connectivity index (χ4v) is 1.27. The Labute approximate surface area is 72.4 Å². The Balaban J connectivity index is 3.04. The van der Waals surface area contributed by atoms with Gasteiger partial charge in [0.15, 0.2) is 0 Å². The Morgan fingerprint density at radius 2 is 2.00 bits per heavy atom. The molecule has 0 aliphatic carbocycles. The largest absolute Gasteiger partial charge is 0.497 e. The van der Waals surface area contributed by atoms with Gasteiger partial charge >= 0.3 is 5.97 Å². The quantitative estimate of drug-likeness (QED) is 0.559. The van der Waals surface area contributed by atoms with Gasteiger partial charge in [0.05, 0.1) is 12.7 Å². The average molecular weight is 170 g/mol. The number of esters is 1. The van der Waals surface area contributed by atoms with Crippen LogP contribution in [0.2, 0.25) is 0 Å². The van der Waals surface area contributed by atoms with Crippen LogP contribution in [0.15, 0.2) is 11.3 Å². The third-order valence-electron chi connectivity index (χ3n) is 1.81. The van der Waals surface area contributed by atoms with Gasteiger partial charge in [0.25, 0.3) is 0 Å². The van der Waals surface area contributed by atoms with E-state index < -0.39 is 0 Å². The van der Waals surface area contributed by atoms with Gasteiger partial charge in [0.1, 0.15) is 12.4 Å². The van der Waals surface area contributed by atoms with Gasteiger partial charge in [-0.3, -0.25) is 0 Å². The van der Waals surface area contributed by atoms with E-state index in [9.17, 15) is 4.79 Å². The summed E-state index contributed by atoms with van der Waals surface area (Å²) in [6.07, 6.45) is 0. The molecule has 0 amide bonds. The van der Waals surface area contributed by atoms with E-state index in [-0.39, 0.29) is 18.0 Å². The molecule has 1 aliphatic heterocycles. The highest BCUT2D eigenvalue weighted by atomic mass is 16.6. The molecule has 0 spiro atoms. The topological polar surface area (TPSA) is 35.5 Å². The molecule has 1 aliphatic rings. The average Bonchev–Trinajstić information content (AvgIpc) is 2.29. The van der Waals surface area contributed by atoms with E-state index in [2.05, 4.69) is 0 Å². The fraction of sp³-hybridized carbons (Fsp3) is 0.667. The van der Waals surface area contributed by atoms with Gasteiger partial charge in [-0.05, 0) is 5.41 Å². The molecule has 0 saturated carbocycles. The summed E-state index contributed by atoms with van der Waals surface area (Å²) in [6, 6.07) is 0. The molecule has 1 heterocycles. The summed E-state index contributed by atoms with van der Waals surface area (Å²) in [6.45, 7) is 6.18. The molecule has 3 nitrogen and oxygen atoms in total. The van der Waals surface area contributed by atoms with E-state index in [4.69, 9.17) is 9.47 Å². The maximum Gasteiger partial charge on any atom is 0.338 e. The van der Waals surface area contributed by atoms with Crippen LogP contribution in [0.5, 0.6) is 0 Å². The van der Waals surface area contributed by atoms with E-state index in [0.717, 1.165) is 0 Å². The summed E-state index contributed by atoms with van der Waals surface area (Å²) in [7, 11) is 1.56. The van der Waals surface area contributed by atoms with Crippen molar-refractivity contribution in [1.29, 1.82) is 0 Å². The number of methoxy groups -OCH3 is 1. The lowest BCUT2D eigenvalue weighted by Gasteiger charge is -2.18. The van der Waals surface area contributed by atoms with Crippen LogP contribution in [-0.4, -0.2) is 19.7 Å². The third kappa shape index (κ3) is 1.44. The number of rotatable bonds is 1. The SMILES string of the molecule is COC1=C(C(C)(C)C)C(=O)OC1. The smallest absolute Gasteiger partial charge is 0.338 e. The monoisotopic (exact) mass is 170 g/mol. The van der Waals surface area contributed by atoms with Gasteiger partial charge in [-0.1, -0.05) is 20.8 Å².